The SMILES string of the molecule is COc1ccc(CN(Cc2ccc(OC)cc2)c2cc(F)c(C(F)(F)F)c(Br)c2F)cc1. The number of benzene rings is 3. The fourth-order valence-electron chi connectivity index (χ4n) is 3.20. The van der Waals surface area contributed by atoms with Crippen LogP contribution in [0.5, 0.6) is 11.5 Å². The van der Waals surface area contributed by atoms with Gasteiger partial charge in [0.05, 0.1) is 24.4 Å². The van der Waals surface area contributed by atoms with Gasteiger partial charge in [-0.15, -0.1) is 0 Å². The predicted octanol–water partition coefficient (Wildman–Crippen LogP) is 6.97. The van der Waals surface area contributed by atoms with Crippen LogP contribution in [0.15, 0.2) is 59.1 Å². The van der Waals surface area contributed by atoms with E-state index >= 15 is 4.39 Å². The van der Waals surface area contributed by atoms with Crippen LogP contribution in [-0.2, 0) is 19.3 Å². The van der Waals surface area contributed by atoms with Gasteiger partial charge in [0, 0.05) is 19.2 Å². The van der Waals surface area contributed by atoms with Crippen molar-refractivity contribution < 1.29 is 31.4 Å². The van der Waals surface area contributed by atoms with Crippen LogP contribution < -0.4 is 14.4 Å². The van der Waals surface area contributed by atoms with Crippen molar-refractivity contribution in [1.29, 1.82) is 0 Å². The van der Waals surface area contributed by atoms with E-state index in [-0.39, 0.29) is 18.8 Å². The maximum absolute atomic E-state index is 15.1. The number of hydrogen-bond acceptors (Lipinski definition) is 3. The molecule has 3 aromatic carbocycles. The van der Waals surface area contributed by atoms with E-state index in [1.165, 1.54) is 19.1 Å². The molecule has 0 heterocycles. The fourth-order valence-corrected chi connectivity index (χ4v) is 3.82. The standard InChI is InChI=1S/C23H19BrF5NO2/c1-31-16-7-3-14(4-8-16)12-30(13-15-5-9-17(32-2)10-6-15)19-11-18(25)20(23(27,28)29)21(24)22(19)26/h3-11H,12-13H2,1-2H3. The van der Waals surface area contributed by atoms with Crippen LogP contribution in [0.2, 0.25) is 0 Å². The summed E-state index contributed by atoms with van der Waals surface area (Å²) in [4.78, 5) is 1.47. The van der Waals surface area contributed by atoms with Crippen molar-refractivity contribution >= 4 is 21.6 Å². The first-order chi connectivity index (χ1) is 15.1. The van der Waals surface area contributed by atoms with Gasteiger partial charge >= 0.3 is 6.18 Å². The molecule has 0 bridgehead atoms. The van der Waals surface area contributed by atoms with Crippen LogP contribution in [0.1, 0.15) is 16.7 Å². The van der Waals surface area contributed by atoms with Gasteiger partial charge in [-0.3, -0.25) is 0 Å². The van der Waals surface area contributed by atoms with Gasteiger partial charge in [-0.1, -0.05) is 24.3 Å². The van der Waals surface area contributed by atoms with Gasteiger partial charge in [0.1, 0.15) is 22.9 Å². The molecule has 0 aliphatic rings. The van der Waals surface area contributed by atoms with Gasteiger partial charge in [-0.25, -0.2) is 8.78 Å². The minimum Gasteiger partial charge on any atom is -0.497 e. The minimum atomic E-state index is -5.04. The van der Waals surface area contributed by atoms with Crippen LogP contribution >= 0.6 is 15.9 Å². The highest BCUT2D eigenvalue weighted by atomic mass is 79.9. The fraction of sp³-hybridized carbons (Fsp3) is 0.217. The van der Waals surface area contributed by atoms with Crippen LogP contribution in [-0.4, -0.2) is 14.2 Å². The van der Waals surface area contributed by atoms with E-state index < -0.39 is 27.8 Å². The summed E-state index contributed by atoms with van der Waals surface area (Å²) in [7, 11) is 3.03. The third kappa shape index (κ3) is 5.32. The molecule has 0 N–H and O–H groups in total. The van der Waals surface area contributed by atoms with E-state index in [9.17, 15) is 17.6 Å². The Balaban J connectivity index is 2.04. The van der Waals surface area contributed by atoms with E-state index in [1.54, 1.807) is 48.5 Å². The van der Waals surface area contributed by atoms with Crippen molar-refractivity contribution in [3.63, 3.8) is 0 Å². The Kier molecular flexibility index (Phi) is 7.28. The first-order valence-corrected chi connectivity index (χ1v) is 10.2. The minimum absolute atomic E-state index is 0.115. The molecule has 0 saturated carbocycles. The average Bonchev–Trinajstić information content (AvgIpc) is 2.76. The highest BCUT2D eigenvalue weighted by Gasteiger charge is 2.39. The number of methoxy groups -OCH3 is 2. The monoisotopic (exact) mass is 515 g/mol. The van der Waals surface area contributed by atoms with Gasteiger partial charge in [-0.2, -0.15) is 13.2 Å². The van der Waals surface area contributed by atoms with Gasteiger partial charge in [-0.05, 0) is 51.3 Å². The molecule has 0 atom stereocenters. The van der Waals surface area contributed by atoms with Gasteiger partial charge < -0.3 is 14.4 Å². The quantitative estimate of drug-likeness (QED) is 0.250. The molecule has 3 aromatic rings. The highest BCUT2D eigenvalue weighted by Crippen LogP contribution is 2.41. The molecule has 0 fully saturated rings. The Morgan fingerprint density at radius 1 is 0.812 bits per heavy atom. The van der Waals surface area contributed by atoms with E-state index in [1.807, 2.05) is 0 Å². The number of alkyl halides is 3. The second-order valence-electron chi connectivity index (χ2n) is 6.93. The summed E-state index contributed by atoms with van der Waals surface area (Å²) in [5.74, 6) is -1.52. The van der Waals surface area contributed by atoms with E-state index in [0.717, 1.165) is 11.1 Å². The first-order valence-electron chi connectivity index (χ1n) is 9.39. The lowest BCUT2D eigenvalue weighted by Gasteiger charge is -2.27. The van der Waals surface area contributed by atoms with E-state index in [4.69, 9.17) is 9.47 Å². The summed E-state index contributed by atoms with van der Waals surface area (Å²) in [6, 6.07) is 14.4. The Morgan fingerprint density at radius 2 is 1.25 bits per heavy atom. The Labute approximate surface area is 190 Å². The summed E-state index contributed by atoms with van der Waals surface area (Å²) in [6.07, 6.45) is -5.04. The zero-order valence-electron chi connectivity index (χ0n) is 17.1. The Bertz CT molecular complexity index is 1020. The van der Waals surface area contributed by atoms with Crippen molar-refractivity contribution in [2.45, 2.75) is 19.3 Å². The Hall–Kier alpha value is -2.81. The first kappa shape index (κ1) is 23.8. The average molecular weight is 516 g/mol. The van der Waals surface area contributed by atoms with E-state index in [0.29, 0.717) is 17.6 Å². The van der Waals surface area contributed by atoms with Gasteiger partial charge in [0.25, 0.3) is 0 Å². The molecule has 0 radical (unpaired) electrons. The smallest absolute Gasteiger partial charge is 0.420 e. The number of nitrogens with zero attached hydrogens (tertiary/aromatic N) is 1. The molecular weight excluding hydrogens is 497 g/mol. The van der Waals surface area contributed by atoms with Crippen molar-refractivity contribution in [1.82, 2.24) is 0 Å². The van der Waals surface area contributed by atoms with Crippen molar-refractivity contribution in [3.05, 3.63) is 87.4 Å². The zero-order valence-corrected chi connectivity index (χ0v) is 18.7. The maximum Gasteiger partial charge on any atom is 0.420 e. The molecule has 170 valence electrons. The number of anilines is 1. The molecular formula is C23H19BrF5NO2. The van der Waals surface area contributed by atoms with Crippen molar-refractivity contribution in [2.24, 2.45) is 0 Å². The molecule has 0 aromatic heterocycles. The molecule has 9 heteroatoms. The van der Waals surface area contributed by atoms with Crippen LogP contribution in [0.4, 0.5) is 27.6 Å². The van der Waals surface area contributed by atoms with Crippen LogP contribution in [0, 0.1) is 11.6 Å². The van der Waals surface area contributed by atoms with E-state index in [2.05, 4.69) is 15.9 Å². The molecule has 32 heavy (non-hydrogen) atoms. The normalized spacial score (nSPS) is 11.4. The van der Waals surface area contributed by atoms with Crippen LogP contribution in [0.25, 0.3) is 0 Å². The largest absolute Gasteiger partial charge is 0.497 e. The lowest BCUT2D eigenvalue weighted by Crippen LogP contribution is -2.24. The summed E-state index contributed by atoms with van der Waals surface area (Å²) in [6.45, 7) is 0.231. The number of halogens is 6. The molecule has 0 saturated heterocycles. The Morgan fingerprint density at radius 3 is 1.62 bits per heavy atom. The second-order valence-corrected chi connectivity index (χ2v) is 7.72. The number of ether oxygens (including phenoxy) is 2. The molecule has 0 aliphatic carbocycles. The number of rotatable bonds is 7. The summed E-state index contributed by atoms with van der Waals surface area (Å²) in [5, 5.41) is 0. The summed E-state index contributed by atoms with van der Waals surface area (Å²) >= 11 is 2.60. The molecule has 3 nitrogen and oxygen atoms in total. The molecule has 0 unspecified atom stereocenters. The second kappa shape index (κ2) is 9.77. The third-order valence-corrected chi connectivity index (χ3v) is 5.57. The summed E-state index contributed by atoms with van der Waals surface area (Å²) < 4.78 is 78.4. The topological polar surface area (TPSA) is 21.7 Å². The predicted molar refractivity (Wildman–Crippen MR) is 115 cm³/mol. The third-order valence-electron chi connectivity index (χ3n) is 4.83. The summed E-state index contributed by atoms with van der Waals surface area (Å²) in [5.41, 5.74) is -0.508. The van der Waals surface area contributed by atoms with Crippen molar-refractivity contribution in [2.75, 3.05) is 19.1 Å². The maximum atomic E-state index is 15.1. The van der Waals surface area contributed by atoms with Gasteiger partial charge in [0.15, 0.2) is 5.82 Å². The van der Waals surface area contributed by atoms with Gasteiger partial charge in [0.2, 0.25) is 0 Å². The van der Waals surface area contributed by atoms with Crippen LogP contribution in [0.3, 0.4) is 0 Å². The zero-order chi connectivity index (χ0) is 23.5. The lowest BCUT2D eigenvalue weighted by molar-refractivity contribution is -0.140. The molecule has 3 rings (SSSR count). The highest BCUT2D eigenvalue weighted by molar-refractivity contribution is 9.10. The lowest BCUT2D eigenvalue weighted by atomic mass is 10.1. The molecule has 0 spiro atoms. The molecule has 0 amide bonds. The van der Waals surface area contributed by atoms with Crippen molar-refractivity contribution in [3.8, 4) is 11.5 Å². The number of hydrogen-bond donors (Lipinski definition) is 0. The molecule has 0 aliphatic heterocycles.